The Balaban J connectivity index is 1.89. The molecule has 2 aromatic rings. The summed E-state index contributed by atoms with van der Waals surface area (Å²) in [4.78, 5) is 7.30. The zero-order valence-electron chi connectivity index (χ0n) is 9.15. The van der Waals surface area contributed by atoms with Gasteiger partial charge in [0.25, 0.3) is 0 Å². The van der Waals surface area contributed by atoms with Crippen molar-refractivity contribution < 1.29 is 0 Å². The first-order valence-corrected chi connectivity index (χ1v) is 6.28. The van der Waals surface area contributed by atoms with Gasteiger partial charge in [-0.3, -0.25) is 4.98 Å². The zero-order chi connectivity index (χ0) is 11.0. The van der Waals surface area contributed by atoms with E-state index in [9.17, 15) is 0 Å². The molecule has 1 aliphatic carbocycles. The highest BCUT2D eigenvalue weighted by Crippen LogP contribution is 2.30. The van der Waals surface area contributed by atoms with E-state index < -0.39 is 0 Å². The second kappa shape index (κ2) is 4.01. The second-order valence-corrected chi connectivity index (χ2v) is 4.95. The van der Waals surface area contributed by atoms with E-state index in [-0.39, 0.29) is 0 Å². The number of H-pyrrole nitrogens is 1. The zero-order valence-corrected chi connectivity index (χ0v) is 9.96. The summed E-state index contributed by atoms with van der Waals surface area (Å²) in [5.74, 6) is 0.925. The molecular formula is C12H15N3S. The van der Waals surface area contributed by atoms with Crippen molar-refractivity contribution in [2.24, 2.45) is 5.92 Å². The molecular weight excluding hydrogens is 218 g/mol. The summed E-state index contributed by atoms with van der Waals surface area (Å²) in [7, 11) is 0. The average molecular weight is 233 g/mol. The number of hydrogen-bond acceptors (Lipinski definition) is 2. The minimum atomic E-state index is 0.822. The molecule has 1 N–H and O–H groups in total. The first kappa shape index (κ1) is 10.0. The summed E-state index contributed by atoms with van der Waals surface area (Å²) < 4.78 is 3.02. The van der Waals surface area contributed by atoms with E-state index in [2.05, 4.69) is 14.5 Å². The van der Waals surface area contributed by atoms with Crippen molar-refractivity contribution in [2.45, 2.75) is 32.2 Å². The Bertz CT molecular complexity index is 551. The fourth-order valence-electron chi connectivity index (χ4n) is 2.33. The summed E-state index contributed by atoms with van der Waals surface area (Å²) in [6.45, 7) is 1.04. The van der Waals surface area contributed by atoms with Crippen molar-refractivity contribution in [3.05, 3.63) is 23.2 Å². The van der Waals surface area contributed by atoms with Crippen LogP contribution in [0.15, 0.2) is 18.5 Å². The van der Waals surface area contributed by atoms with Crippen LogP contribution in [-0.4, -0.2) is 14.5 Å². The molecule has 0 saturated heterocycles. The molecule has 84 valence electrons. The van der Waals surface area contributed by atoms with Crippen LogP contribution in [0.2, 0.25) is 0 Å². The summed E-state index contributed by atoms with van der Waals surface area (Å²) in [6, 6.07) is 2.03. The average Bonchev–Trinajstić information content (AvgIpc) is 2.53. The molecule has 4 heteroatoms. The first-order valence-electron chi connectivity index (χ1n) is 5.87. The second-order valence-electron chi connectivity index (χ2n) is 4.56. The molecule has 0 amide bonds. The molecule has 0 radical (unpaired) electrons. The lowest BCUT2D eigenvalue weighted by molar-refractivity contribution is 0.283. The van der Waals surface area contributed by atoms with E-state index >= 15 is 0 Å². The summed E-state index contributed by atoms with van der Waals surface area (Å²) in [6.07, 6.45) is 9.13. The molecule has 0 spiro atoms. The monoisotopic (exact) mass is 233 g/mol. The van der Waals surface area contributed by atoms with Crippen molar-refractivity contribution in [1.82, 2.24) is 14.5 Å². The van der Waals surface area contributed by atoms with Crippen LogP contribution in [0, 0.1) is 10.7 Å². The lowest BCUT2D eigenvalue weighted by Gasteiger charge is -2.25. The quantitative estimate of drug-likeness (QED) is 0.825. The molecule has 0 unspecified atom stereocenters. The molecule has 0 aromatic carbocycles. The maximum absolute atomic E-state index is 5.34. The summed E-state index contributed by atoms with van der Waals surface area (Å²) in [5, 5.41) is 0. The van der Waals surface area contributed by atoms with Crippen molar-refractivity contribution in [3.8, 4) is 0 Å². The molecule has 2 aromatic heterocycles. The normalized spacial score (nSPS) is 16.5. The van der Waals surface area contributed by atoms with Crippen LogP contribution in [-0.2, 0) is 6.54 Å². The molecule has 1 fully saturated rings. The van der Waals surface area contributed by atoms with Crippen LogP contribution in [0.25, 0.3) is 11.0 Å². The Morgan fingerprint density at radius 2 is 2.38 bits per heavy atom. The standard InChI is InChI=1S/C12H15N3S/c16-12-14-10-8-13-6-4-11(10)15(12)7-5-9-2-1-3-9/h4,6,8-9H,1-3,5,7H2,(H,14,16). The number of fused-ring (bicyclic) bond motifs is 1. The maximum atomic E-state index is 5.34. The highest BCUT2D eigenvalue weighted by atomic mass is 32.1. The van der Waals surface area contributed by atoms with E-state index in [4.69, 9.17) is 12.2 Å². The number of hydrogen-bond donors (Lipinski definition) is 1. The van der Waals surface area contributed by atoms with Gasteiger partial charge in [-0.1, -0.05) is 19.3 Å². The molecule has 0 bridgehead atoms. The largest absolute Gasteiger partial charge is 0.329 e. The van der Waals surface area contributed by atoms with Gasteiger partial charge in [0.2, 0.25) is 0 Å². The third-order valence-corrected chi connectivity index (χ3v) is 3.88. The third-order valence-electron chi connectivity index (χ3n) is 3.56. The Kier molecular flexibility index (Phi) is 2.52. The number of aromatic nitrogens is 3. The predicted octanol–water partition coefficient (Wildman–Crippen LogP) is 3.28. The molecule has 16 heavy (non-hydrogen) atoms. The van der Waals surface area contributed by atoms with Gasteiger partial charge in [-0.25, -0.2) is 0 Å². The Hall–Kier alpha value is -1.16. The summed E-state index contributed by atoms with van der Waals surface area (Å²) >= 11 is 5.34. The lowest BCUT2D eigenvalue weighted by atomic mass is 9.83. The third kappa shape index (κ3) is 1.67. The number of imidazole rings is 1. The fraction of sp³-hybridized carbons (Fsp3) is 0.500. The van der Waals surface area contributed by atoms with Gasteiger partial charge in [0.05, 0.1) is 17.2 Å². The molecule has 1 saturated carbocycles. The van der Waals surface area contributed by atoms with E-state index in [1.807, 2.05) is 18.5 Å². The van der Waals surface area contributed by atoms with Crippen LogP contribution in [0.3, 0.4) is 0 Å². The number of nitrogens with one attached hydrogen (secondary N) is 1. The molecule has 3 rings (SSSR count). The number of aryl methyl sites for hydroxylation is 1. The Labute approximate surface area is 99.5 Å². The Morgan fingerprint density at radius 3 is 3.12 bits per heavy atom. The van der Waals surface area contributed by atoms with Gasteiger partial charge in [0, 0.05) is 12.7 Å². The number of aromatic amines is 1. The van der Waals surface area contributed by atoms with Crippen LogP contribution in [0.1, 0.15) is 25.7 Å². The Morgan fingerprint density at radius 1 is 1.50 bits per heavy atom. The van der Waals surface area contributed by atoms with Crippen LogP contribution < -0.4 is 0 Å². The van der Waals surface area contributed by atoms with E-state index in [0.717, 1.165) is 22.8 Å². The molecule has 0 atom stereocenters. The summed E-state index contributed by atoms with van der Waals surface area (Å²) in [5.41, 5.74) is 2.22. The van der Waals surface area contributed by atoms with Crippen molar-refractivity contribution in [1.29, 1.82) is 0 Å². The van der Waals surface area contributed by atoms with Gasteiger partial charge in [-0.05, 0) is 30.6 Å². The number of pyridine rings is 1. The fourth-order valence-corrected chi connectivity index (χ4v) is 2.63. The van der Waals surface area contributed by atoms with E-state index in [1.165, 1.54) is 31.2 Å². The van der Waals surface area contributed by atoms with Crippen LogP contribution in [0.5, 0.6) is 0 Å². The van der Waals surface area contributed by atoms with E-state index in [0.29, 0.717) is 0 Å². The molecule has 1 aliphatic rings. The topological polar surface area (TPSA) is 33.6 Å². The van der Waals surface area contributed by atoms with Crippen molar-refractivity contribution in [2.75, 3.05) is 0 Å². The highest BCUT2D eigenvalue weighted by molar-refractivity contribution is 7.71. The van der Waals surface area contributed by atoms with Gasteiger partial charge in [-0.2, -0.15) is 0 Å². The van der Waals surface area contributed by atoms with Crippen molar-refractivity contribution in [3.63, 3.8) is 0 Å². The van der Waals surface area contributed by atoms with Gasteiger partial charge in [0.15, 0.2) is 4.77 Å². The highest BCUT2D eigenvalue weighted by Gasteiger charge is 2.17. The van der Waals surface area contributed by atoms with Gasteiger partial charge < -0.3 is 9.55 Å². The molecule has 2 heterocycles. The number of rotatable bonds is 3. The SMILES string of the molecule is S=c1[nH]c2cnccc2n1CCC1CCC1. The minimum absolute atomic E-state index is 0.822. The van der Waals surface area contributed by atoms with Crippen molar-refractivity contribution >= 4 is 23.3 Å². The maximum Gasteiger partial charge on any atom is 0.178 e. The predicted molar refractivity (Wildman–Crippen MR) is 66.9 cm³/mol. The van der Waals surface area contributed by atoms with Gasteiger partial charge in [0.1, 0.15) is 0 Å². The molecule has 0 aliphatic heterocycles. The molecule has 3 nitrogen and oxygen atoms in total. The van der Waals surface area contributed by atoms with Crippen LogP contribution in [0.4, 0.5) is 0 Å². The van der Waals surface area contributed by atoms with Gasteiger partial charge in [-0.15, -0.1) is 0 Å². The number of nitrogens with zero attached hydrogens (tertiary/aromatic N) is 2. The van der Waals surface area contributed by atoms with E-state index in [1.54, 1.807) is 0 Å². The van der Waals surface area contributed by atoms with Gasteiger partial charge >= 0.3 is 0 Å². The first-order chi connectivity index (χ1) is 7.84. The van der Waals surface area contributed by atoms with Crippen LogP contribution >= 0.6 is 12.2 Å². The minimum Gasteiger partial charge on any atom is -0.329 e. The smallest absolute Gasteiger partial charge is 0.178 e. The lowest BCUT2D eigenvalue weighted by Crippen LogP contribution is -2.13.